The first-order valence-electron chi connectivity index (χ1n) is 4.50. The van der Waals surface area contributed by atoms with Gasteiger partial charge in [-0.1, -0.05) is 30.4 Å². The van der Waals surface area contributed by atoms with Crippen molar-refractivity contribution in [1.82, 2.24) is 0 Å². The molecule has 0 aromatic rings. The number of ketones is 2. The summed E-state index contributed by atoms with van der Waals surface area (Å²) in [5.41, 5.74) is 0.448. The summed E-state index contributed by atoms with van der Waals surface area (Å²) in [6.07, 6.45) is 1.23. The van der Waals surface area contributed by atoms with E-state index in [-0.39, 0.29) is 17.5 Å². The first-order valence-corrected chi connectivity index (χ1v) is 6.26. The van der Waals surface area contributed by atoms with Gasteiger partial charge in [0.1, 0.15) is 0 Å². The topological polar surface area (TPSA) is 34.1 Å². The van der Waals surface area contributed by atoms with Crippen molar-refractivity contribution in [2.75, 3.05) is 0 Å². The Morgan fingerprint density at radius 3 is 2.57 bits per heavy atom. The summed E-state index contributed by atoms with van der Waals surface area (Å²) in [4.78, 5) is 23.4. The molecule has 2 aliphatic rings. The van der Waals surface area contributed by atoms with Crippen LogP contribution in [-0.4, -0.2) is 11.6 Å². The third-order valence-corrected chi connectivity index (χ3v) is 4.52. The van der Waals surface area contributed by atoms with Crippen LogP contribution in [0.5, 0.6) is 0 Å². The molecule has 1 aliphatic heterocycles. The van der Waals surface area contributed by atoms with Crippen LogP contribution < -0.4 is 0 Å². The lowest BCUT2D eigenvalue weighted by Gasteiger charge is -2.19. The predicted octanol–water partition coefficient (Wildman–Crippen LogP) is 2.72. The Morgan fingerprint density at radius 1 is 1.29 bits per heavy atom. The molecule has 1 heterocycles. The van der Waals surface area contributed by atoms with Gasteiger partial charge < -0.3 is 0 Å². The zero-order chi connectivity index (χ0) is 10.1. The SMILES string of the molecule is CC1CCC(=O)C(=C2SC=CS2)C1=O. The molecule has 1 atom stereocenters. The molecule has 0 amide bonds. The van der Waals surface area contributed by atoms with Crippen molar-refractivity contribution in [3.63, 3.8) is 0 Å². The van der Waals surface area contributed by atoms with Gasteiger partial charge in [-0.3, -0.25) is 9.59 Å². The van der Waals surface area contributed by atoms with Crippen LogP contribution in [0.2, 0.25) is 0 Å². The molecule has 4 heteroatoms. The zero-order valence-electron chi connectivity index (χ0n) is 7.78. The number of hydrogen-bond donors (Lipinski definition) is 0. The number of Topliss-reactive ketones (excluding diaryl/α,β-unsaturated/α-hetero) is 2. The molecule has 0 N–H and O–H groups in total. The van der Waals surface area contributed by atoms with Gasteiger partial charge in [-0.25, -0.2) is 0 Å². The van der Waals surface area contributed by atoms with E-state index in [4.69, 9.17) is 0 Å². The Morgan fingerprint density at radius 2 is 1.93 bits per heavy atom. The van der Waals surface area contributed by atoms with Crippen LogP contribution in [0.3, 0.4) is 0 Å². The van der Waals surface area contributed by atoms with Gasteiger partial charge in [-0.05, 0) is 17.2 Å². The van der Waals surface area contributed by atoms with Gasteiger partial charge in [0.2, 0.25) is 0 Å². The molecule has 0 aromatic carbocycles. The Balaban J connectivity index is 2.35. The number of hydrogen-bond acceptors (Lipinski definition) is 4. The highest BCUT2D eigenvalue weighted by Gasteiger charge is 2.32. The molecule has 1 unspecified atom stereocenters. The zero-order valence-corrected chi connectivity index (χ0v) is 9.41. The molecule has 0 aromatic heterocycles. The molecule has 1 aliphatic carbocycles. The fraction of sp³-hybridized carbons (Fsp3) is 0.400. The highest BCUT2D eigenvalue weighted by Crippen LogP contribution is 2.42. The average molecular weight is 226 g/mol. The summed E-state index contributed by atoms with van der Waals surface area (Å²) in [7, 11) is 0. The van der Waals surface area contributed by atoms with Crippen LogP contribution in [0.4, 0.5) is 0 Å². The predicted molar refractivity (Wildman–Crippen MR) is 59.8 cm³/mol. The molecule has 0 saturated heterocycles. The number of allylic oxidation sites excluding steroid dienone is 1. The normalized spacial score (nSPS) is 27.6. The summed E-state index contributed by atoms with van der Waals surface area (Å²) < 4.78 is 0.867. The summed E-state index contributed by atoms with van der Waals surface area (Å²) in [6.45, 7) is 1.90. The van der Waals surface area contributed by atoms with Crippen molar-refractivity contribution in [3.05, 3.63) is 20.6 Å². The monoisotopic (exact) mass is 226 g/mol. The van der Waals surface area contributed by atoms with Crippen molar-refractivity contribution in [3.8, 4) is 0 Å². The molecule has 1 saturated carbocycles. The lowest BCUT2D eigenvalue weighted by Crippen LogP contribution is -2.26. The van der Waals surface area contributed by atoms with E-state index in [0.29, 0.717) is 18.4 Å². The molecular weight excluding hydrogens is 216 g/mol. The quantitative estimate of drug-likeness (QED) is 0.470. The van der Waals surface area contributed by atoms with Crippen molar-refractivity contribution in [2.45, 2.75) is 19.8 Å². The van der Waals surface area contributed by atoms with Crippen molar-refractivity contribution < 1.29 is 9.59 Å². The van der Waals surface area contributed by atoms with E-state index in [2.05, 4.69) is 0 Å². The molecule has 74 valence electrons. The minimum Gasteiger partial charge on any atom is -0.294 e. The van der Waals surface area contributed by atoms with Crippen LogP contribution >= 0.6 is 23.5 Å². The van der Waals surface area contributed by atoms with Crippen molar-refractivity contribution in [1.29, 1.82) is 0 Å². The lowest BCUT2D eigenvalue weighted by molar-refractivity contribution is -0.126. The van der Waals surface area contributed by atoms with Gasteiger partial charge in [0, 0.05) is 12.3 Å². The van der Waals surface area contributed by atoms with Gasteiger partial charge >= 0.3 is 0 Å². The number of rotatable bonds is 0. The number of thioether (sulfide) groups is 2. The third-order valence-electron chi connectivity index (χ3n) is 2.39. The van der Waals surface area contributed by atoms with Gasteiger partial charge in [-0.15, -0.1) is 0 Å². The molecule has 0 radical (unpaired) electrons. The maximum atomic E-state index is 11.8. The van der Waals surface area contributed by atoms with Crippen LogP contribution in [0.15, 0.2) is 20.6 Å². The van der Waals surface area contributed by atoms with E-state index in [1.165, 1.54) is 23.5 Å². The fourth-order valence-electron chi connectivity index (χ4n) is 1.53. The van der Waals surface area contributed by atoms with Crippen LogP contribution in [0.1, 0.15) is 19.8 Å². The molecule has 14 heavy (non-hydrogen) atoms. The first kappa shape index (κ1) is 10.1. The standard InChI is InChI=1S/C10H10O2S2/c1-6-2-3-7(11)8(9(6)12)10-13-4-5-14-10/h4-6H,2-3H2,1H3. The van der Waals surface area contributed by atoms with Gasteiger partial charge in [-0.2, -0.15) is 0 Å². The Kier molecular flexibility index (Phi) is 2.83. The summed E-state index contributed by atoms with van der Waals surface area (Å²) in [5.74, 6) is 0.0590. The number of carbonyl (C=O) groups excluding carboxylic acids is 2. The van der Waals surface area contributed by atoms with E-state index in [1.54, 1.807) is 0 Å². The van der Waals surface area contributed by atoms with Gasteiger partial charge in [0.15, 0.2) is 11.6 Å². The molecule has 2 nitrogen and oxygen atoms in total. The highest BCUT2D eigenvalue weighted by atomic mass is 32.2. The highest BCUT2D eigenvalue weighted by molar-refractivity contribution is 8.27. The minimum absolute atomic E-state index is 0.0111. The van der Waals surface area contributed by atoms with Crippen LogP contribution in [-0.2, 0) is 9.59 Å². The van der Waals surface area contributed by atoms with Crippen LogP contribution in [0, 0.1) is 5.92 Å². The summed E-state index contributed by atoms with van der Waals surface area (Å²) in [6, 6.07) is 0. The molecule has 0 spiro atoms. The summed E-state index contributed by atoms with van der Waals surface area (Å²) >= 11 is 2.96. The van der Waals surface area contributed by atoms with Gasteiger partial charge in [0.25, 0.3) is 0 Å². The second-order valence-electron chi connectivity index (χ2n) is 3.40. The van der Waals surface area contributed by atoms with Crippen molar-refractivity contribution >= 4 is 35.1 Å². The molecule has 2 rings (SSSR count). The van der Waals surface area contributed by atoms with Crippen molar-refractivity contribution in [2.24, 2.45) is 5.92 Å². The Labute approximate surface area is 91.2 Å². The first-order chi connectivity index (χ1) is 6.70. The fourth-order valence-corrected chi connectivity index (χ4v) is 3.44. The lowest BCUT2D eigenvalue weighted by atomic mass is 9.85. The smallest absolute Gasteiger partial charge is 0.170 e. The van der Waals surface area contributed by atoms with E-state index < -0.39 is 0 Å². The largest absolute Gasteiger partial charge is 0.294 e. The van der Waals surface area contributed by atoms with E-state index in [0.717, 1.165) is 4.24 Å². The summed E-state index contributed by atoms with van der Waals surface area (Å²) in [5, 5.41) is 3.82. The van der Waals surface area contributed by atoms with Crippen LogP contribution in [0.25, 0.3) is 0 Å². The molecular formula is C10H10O2S2. The van der Waals surface area contributed by atoms with Gasteiger partial charge in [0.05, 0.1) is 9.81 Å². The number of carbonyl (C=O) groups is 2. The minimum atomic E-state index is 0.0111. The molecule has 0 bridgehead atoms. The molecule has 1 fully saturated rings. The van der Waals surface area contributed by atoms with E-state index in [9.17, 15) is 9.59 Å². The average Bonchev–Trinajstić information content (AvgIpc) is 2.65. The Hall–Kier alpha value is -0.480. The second-order valence-corrected chi connectivity index (χ2v) is 5.49. The van der Waals surface area contributed by atoms with E-state index >= 15 is 0 Å². The second kappa shape index (κ2) is 3.95. The third kappa shape index (κ3) is 1.68. The van der Waals surface area contributed by atoms with E-state index in [1.807, 2.05) is 17.7 Å². The maximum absolute atomic E-state index is 11.8. The Bertz CT molecular complexity index is 345. The maximum Gasteiger partial charge on any atom is 0.170 e.